The van der Waals surface area contributed by atoms with Gasteiger partial charge in [-0.2, -0.15) is 5.01 Å². The maximum atomic E-state index is 12.9. The minimum atomic E-state index is -0.655. The minimum Gasteiger partial charge on any atom is -0.309 e. The molecule has 4 aliphatic rings. The van der Waals surface area contributed by atoms with Crippen molar-refractivity contribution < 1.29 is 4.79 Å². The number of carbonyl (C=O) groups excluding carboxylic acids is 1. The monoisotopic (exact) mass is 532 g/mol. The fraction of sp³-hybridized carbons (Fsp3) is 0.968. The Hall–Kier alpha value is -0.730. The third kappa shape index (κ3) is 6.12. The first kappa shape index (κ1) is 30.2. The number of nitrogens with two attached hydrogens (primary N) is 1. The molecule has 0 radical (unpaired) electrons. The fourth-order valence-corrected chi connectivity index (χ4v) is 8.95. The Labute approximate surface area is 234 Å². The molecule has 0 aromatic heterocycles. The summed E-state index contributed by atoms with van der Waals surface area (Å²) in [5.41, 5.74) is 10.8. The molecular formula is C31H60N6O. The maximum Gasteiger partial charge on any atom is 0.231 e. The SMILES string of the molecule is CC(=O)NN1CCCC(N)(N(C(C)C)C(C)C)C1(NC1CCCCC1)N(C1CCCCC1)C1CCCCC1. The van der Waals surface area contributed by atoms with Crippen LogP contribution in [-0.2, 0) is 4.79 Å². The molecule has 3 aliphatic carbocycles. The second-order valence-corrected chi connectivity index (χ2v) is 13.6. The van der Waals surface area contributed by atoms with Crippen LogP contribution in [-0.4, -0.2) is 68.9 Å². The number of hydrogen-bond acceptors (Lipinski definition) is 6. The van der Waals surface area contributed by atoms with Gasteiger partial charge in [-0.1, -0.05) is 57.8 Å². The highest BCUT2D eigenvalue weighted by molar-refractivity contribution is 5.72. The van der Waals surface area contributed by atoms with Crippen molar-refractivity contribution in [1.82, 2.24) is 25.6 Å². The lowest BCUT2D eigenvalue weighted by molar-refractivity contribution is -0.261. The predicted octanol–water partition coefficient (Wildman–Crippen LogP) is 5.45. The standard InChI is InChI=1S/C31H60N6O/c1-24(2)36(25(3)4)30(32)22-15-23-35(34-26(5)38)31(30,33-27-16-9-6-10-17-27)37(28-18-11-7-12-19-28)29-20-13-8-14-21-29/h24-25,27-29,33H,6-23,32H2,1-5H3,(H,34,38). The van der Waals surface area contributed by atoms with Crippen molar-refractivity contribution in [3.05, 3.63) is 0 Å². The Bertz CT molecular complexity index is 717. The Balaban J connectivity index is 1.95. The molecule has 7 nitrogen and oxygen atoms in total. The second kappa shape index (κ2) is 13.3. The van der Waals surface area contributed by atoms with Gasteiger partial charge in [-0.05, 0) is 79.1 Å². The molecule has 38 heavy (non-hydrogen) atoms. The molecule has 2 atom stereocenters. The van der Waals surface area contributed by atoms with Crippen molar-refractivity contribution in [2.45, 2.75) is 185 Å². The van der Waals surface area contributed by atoms with Crippen molar-refractivity contribution >= 4 is 5.91 Å². The average molecular weight is 533 g/mol. The van der Waals surface area contributed by atoms with E-state index in [1.54, 1.807) is 6.92 Å². The summed E-state index contributed by atoms with van der Waals surface area (Å²) in [5, 5.41) is 6.69. The first-order valence-electron chi connectivity index (χ1n) is 16.4. The Morgan fingerprint density at radius 1 is 0.789 bits per heavy atom. The molecular weight excluding hydrogens is 472 g/mol. The first-order valence-corrected chi connectivity index (χ1v) is 16.4. The summed E-state index contributed by atoms with van der Waals surface area (Å²) in [5.74, 6) is -0.644. The van der Waals surface area contributed by atoms with Gasteiger partial charge < -0.3 is 5.73 Å². The zero-order valence-corrected chi connectivity index (χ0v) is 25.4. The number of nitrogens with one attached hydrogen (secondary N) is 2. The van der Waals surface area contributed by atoms with Crippen molar-refractivity contribution in [1.29, 1.82) is 0 Å². The molecule has 0 aromatic carbocycles. The van der Waals surface area contributed by atoms with Crippen LogP contribution in [0.3, 0.4) is 0 Å². The summed E-state index contributed by atoms with van der Waals surface area (Å²) in [6.45, 7) is 11.7. The van der Waals surface area contributed by atoms with E-state index in [1.165, 1.54) is 96.3 Å². The van der Waals surface area contributed by atoms with E-state index in [-0.39, 0.29) is 5.91 Å². The molecule has 1 heterocycles. The molecule has 2 unspecified atom stereocenters. The molecule has 1 aliphatic heterocycles. The van der Waals surface area contributed by atoms with Crippen LogP contribution in [0.4, 0.5) is 0 Å². The zero-order valence-electron chi connectivity index (χ0n) is 25.4. The van der Waals surface area contributed by atoms with Crippen molar-refractivity contribution in [2.75, 3.05) is 6.54 Å². The van der Waals surface area contributed by atoms with Gasteiger partial charge in [0, 0.05) is 43.7 Å². The van der Waals surface area contributed by atoms with E-state index in [1.807, 2.05) is 0 Å². The van der Waals surface area contributed by atoms with E-state index in [0.29, 0.717) is 30.2 Å². The van der Waals surface area contributed by atoms with E-state index in [4.69, 9.17) is 5.73 Å². The third-order valence-corrected chi connectivity index (χ3v) is 10.1. The van der Waals surface area contributed by atoms with Crippen LogP contribution in [0, 0.1) is 0 Å². The van der Waals surface area contributed by atoms with Crippen molar-refractivity contribution in [3.63, 3.8) is 0 Å². The molecule has 220 valence electrons. The highest BCUT2D eigenvalue weighted by Gasteiger charge is 2.65. The number of carbonyl (C=O) groups is 1. The predicted molar refractivity (Wildman–Crippen MR) is 157 cm³/mol. The molecule has 4 N–H and O–H groups in total. The summed E-state index contributed by atoms with van der Waals surface area (Å²) in [6, 6.07) is 1.98. The van der Waals surface area contributed by atoms with Gasteiger partial charge in [0.05, 0.1) is 0 Å². The maximum absolute atomic E-state index is 12.9. The molecule has 4 fully saturated rings. The molecule has 1 amide bonds. The smallest absolute Gasteiger partial charge is 0.231 e. The van der Waals surface area contributed by atoms with Crippen LogP contribution in [0.15, 0.2) is 0 Å². The number of rotatable bonds is 9. The highest BCUT2D eigenvalue weighted by atomic mass is 16.2. The van der Waals surface area contributed by atoms with Gasteiger partial charge >= 0.3 is 0 Å². The van der Waals surface area contributed by atoms with Crippen LogP contribution in [0.1, 0.15) is 144 Å². The van der Waals surface area contributed by atoms with E-state index >= 15 is 0 Å². The lowest BCUT2D eigenvalue weighted by Crippen LogP contribution is -2.92. The Morgan fingerprint density at radius 2 is 1.26 bits per heavy atom. The third-order valence-electron chi connectivity index (χ3n) is 10.1. The van der Waals surface area contributed by atoms with Crippen LogP contribution in [0.5, 0.6) is 0 Å². The summed E-state index contributed by atoms with van der Waals surface area (Å²) >= 11 is 0. The first-order chi connectivity index (χ1) is 18.2. The van der Waals surface area contributed by atoms with Gasteiger partial charge in [0.15, 0.2) is 5.79 Å². The number of hydrogen-bond donors (Lipinski definition) is 3. The van der Waals surface area contributed by atoms with E-state index in [0.717, 1.165) is 19.4 Å². The number of nitrogens with zero attached hydrogens (tertiary/aromatic N) is 3. The quantitative estimate of drug-likeness (QED) is 0.343. The summed E-state index contributed by atoms with van der Waals surface area (Å²) < 4.78 is 0. The normalized spacial score (nSPS) is 31.5. The van der Waals surface area contributed by atoms with Gasteiger partial charge in [0.25, 0.3) is 0 Å². The van der Waals surface area contributed by atoms with Gasteiger partial charge in [-0.3, -0.25) is 25.3 Å². The molecule has 3 saturated carbocycles. The minimum absolute atomic E-state index is 0.0111. The van der Waals surface area contributed by atoms with Crippen LogP contribution >= 0.6 is 0 Å². The molecule has 0 aromatic rings. The summed E-state index contributed by atoms with van der Waals surface area (Å²) in [6.07, 6.45) is 21.0. The van der Waals surface area contributed by atoms with E-state index in [9.17, 15) is 4.79 Å². The van der Waals surface area contributed by atoms with Crippen LogP contribution < -0.4 is 16.5 Å². The van der Waals surface area contributed by atoms with Gasteiger partial charge in [-0.25, -0.2) is 0 Å². The second-order valence-electron chi connectivity index (χ2n) is 13.6. The largest absolute Gasteiger partial charge is 0.309 e. The molecule has 1 saturated heterocycles. The number of piperidine rings is 1. The summed E-state index contributed by atoms with van der Waals surface area (Å²) in [4.78, 5) is 18.4. The van der Waals surface area contributed by atoms with Crippen molar-refractivity contribution in [3.8, 4) is 0 Å². The van der Waals surface area contributed by atoms with E-state index in [2.05, 4.69) is 53.2 Å². The van der Waals surface area contributed by atoms with Crippen molar-refractivity contribution in [2.24, 2.45) is 5.73 Å². The number of amides is 1. The topological polar surface area (TPSA) is 76.9 Å². The van der Waals surface area contributed by atoms with Crippen LogP contribution in [0.25, 0.3) is 0 Å². The highest BCUT2D eigenvalue weighted by Crippen LogP contribution is 2.46. The molecule has 0 bridgehead atoms. The van der Waals surface area contributed by atoms with Crippen LogP contribution in [0.2, 0.25) is 0 Å². The summed E-state index contributed by atoms with van der Waals surface area (Å²) in [7, 11) is 0. The fourth-order valence-electron chi connectivity index (χ4n) is 8.95. The molecule has 7 heteroatoms. The molecule has 0 spiro atoms. The average Bonchev–Trinajstić information content (AvgIpc) is 2.88. The lowest BCUT2D eigenvalue weighted by Gasteiger charge is -2.69. The van der Waals surface area contributed by atoms with E-state index < -0.39 is 11.4 Å². The van der Waals surface area contributed by atoms with Gasteiger partial charge in [-0.15, -0.1) is 0 Å². The Kier molecular flexibility index (Phi) is 10.6. The number of hydrazine groups is 1. The Morgan fingerprint density at radius 3 is 1.71 bits per heavy atom. The molecule has 4 rings (SSSR count). The zero-order chi connectivity index (χ0) is 27.3. The van der Waals surface area contributed by atoms with Gasteiger partial charge in [0.1, 0.15) is 5.66 Å². The lowest BCUT2D eigenvalue weighted by atomic mass is 9.79. The van der Waals surface area contributed by atoms with Gasteiger partial charge in [0.2, 0.25) is 5.91 Å².